The highest BCUT2D eigenvalue weighted by atomic mass is 16.5. The quantitative estimate of drug-likeness (QED) is 0.792. The summed E-state index contributed by atoms with van der Waals surface area (Å²) in [6, 6.07) is 6.65. The molecule has 1 aliphatic rings. The molecule has 0 radical (unpaired) electrons. The maximum atomic E-state index is 12.7. The van der Waals surface area contributed by atoms with Crippen LogP contribution >= 0.6 is 0 Å². The van der Waals surface area contributed by atoms with Crippen LogP contribution in [0.4, 0.5) is 0 Å². The third-order valence-electron chi connectivity index (χ3n) is 5.39. The second kappa shape index (κ2) is 8.56. The molecule has 0 spiro atoms. The number of hydrogen-bond acceptors (Lipinski definition) is 4. The van der Waals surface area contributed by atoms with E-state index < -0.39 is 0 Å². The zero-order valence-electron chi connectivity index (χ0n) is 16.4. The van der Waals surface area contributed by atoms with Crippen LogP contribution in [0.15, 0.2) is 18.2 Å². The van der Waals surface area contributed by atoms with Crippen molar-refractivity contribution < 1.29 is 14.3 Å². The third-order valence-corrected chi connectivity index (χ3v) is 5.39. The van der Waals surface area contributed by atoms with Crippen molar-refractivity contribution in [1.29, 1.82) is 0 Å². The predicted octanol–water partition coefficient (Wildman–Crippen LogP) is 3.17. The zero-order chi connectivity index (χ0) is 18.6. The Balaban J connectivity index is 2.25. The number of nitrogens with zero attached hydrogens (tertiary/aromatic N) is 2. The molecule has 1 heterocycles. The minimum absolute atomic E-state index is 0.211. The Morgan fingerprint density at radius 3 is 2.52 bits per heavy atom. The van der Waals surface area contributed by atoms with Crippen LogP contribution in [0.3, 0.4) is 0 Å². The number of rotatable bonds is 6. The largest absolute Gasteiger partial charge is 0.493 e. The van der Waals surface area contributed by atoms with Crippen molar-refractivity contribution >= 4 is 5.91 Å². The molecule has 0 unspecified atom stereocenters. The first-order chi connectivity index (χ1) is 11.9. The molecule has 1 aromatic rings. The maximum absolute atomic E-state index is 12.7. The predicted molar refractivity (Wildman–Crippen MR) is 100 cm³/mol. The van der Waals surface area contributed by atoms with Crippen LogP contribution in [0.1, 0.15) is 39.2 Å². The number of carbonyl (C=O) groups is 1. The van der Waals surface area contributed by atoms with Crippen LogP contribution in [-0.2, 0) is 11.3 Å². The third kappa shape index (κ3) is 4.46. The van der Waals surface area contributed by atoms with Gasteiger partial charge in [-0.2, -0.15) is 0 Å². The Hall–Kier alpha value is -1.75. The average Bonchev–Trinajstić information content (AvgIpc) is 2.62. The number of piperidine rings is 1. The van der Waals surface area contributed by atoms with Crippen LogP contribution in [0, 0.1) is 5.92 Å². The first-order valence-electron chi connectivity index (χ1n) is 9.11. The van der Waals surface area contributed by atoms with Gasteiger partial charge in [-0.05, 0) is 44.0 Å². The molecule has 1 amide bonds. The molecule has 0 aliphatic carbocycles. The zero-order valence-corrected chi connectivity index (χ0v) is 16.4. The van der Waals surface area contributed by atoms with Gasteiger partial charge >= 0.3 is 0 Å². The van der Waals surface area contributed by atoms with Crippen molar-refractivity contribution in [1.82, 2.24) is 9.80 Å². The van der Waals surface area contributed by atoms with Gasteiger partial charge in [-0.3, -0.25) is 4.79 Å². The molecule has 25 heavy (non-hydrogen) atoms. The van der Waals surface area contributed by atoms with Crippen molar-refractivity contribution in [3.63, 3.8) is 0 Å². The van der Waals surface area contributed by atoms with Crippen molar-refractivity contribution in [3.8, 4) is 11.5 Å². The number of hydrogen-bond donors (Lipinski definition) is 0. The fourth-order valence-corrected chi connectivity index (χ4v) is 3.72. The molecule has 2 rings (SSSR count). The highest BCUT2D eigenvalue weighted by Gasteiger charge is 2.34. The van der Waals surface area contributed by atoms with Gasteiger partial charge in [0.05, 0.1) is 14.2 Å². The molecule has 140 valence electrons. The summed E-state index contributed by atoms with van der Waals surface area (Å²) in [5.41, 5.74) is 1.07. The molecule has 1 aromatic carbocycles. The molecule has 1 aliphatic heterocycles. The summed E-state index contributed by atoms with van der Waals surface area (Å²) in [5.74, 6) is 2.08. The van der Waals surface area contributed by atoms with Gasteiger partial charge in [0.25, 0.3) is 0 Å². The summed E-state index contributed by atoms with van der Waals surface area (Å²) in [6.07, 6.45) is 1.54. The van der Waals surface area contributed by atoms with Gasteiger partial charge in [0.2, 0.25) is 5.91 Å². The standard InChI is InChI=1S/C20H32N2O3/c1-7-20(23)22(17-10-15(3)21(4)12-14(17)2)13-16-8-9-18(24-5)19(11-16)25-6/h8-9,11,14-15,17H,7,10,12-13H2,1-6H3/t14-,15+,17-/m0/s1. The van der Waals surface area contributed by atoms with Crippen LogP contribution in [0.2, 0.25) is 0 Å². The van der Waals surface area contributed by atoms with Gasteiger partial charge < -0.3 is 19.3 Å². The first-order valence-corrected chi connectivity index (χ1v) is 9.11. The molecule has 0 N–H and O–H groups in total. The van der Waals surface area contributed by atoms with Gasteiger partial charge in [0, 0.05) is 31.6 Å². The summed E-state index contributed by atoms with van der Waals surface area (Å²) < 4.78 is 10.7. The van der Waals surface area contributed by atoms with Gasteiger partial charge in [0.15, 0.2) is 11.5 Å². The highest BCUT2D eigenvalue weighted by Crippen LogP contribution is 2.31. The Morgan fingerprint density at radius 1 is 1.24 bits per heavy atom. The van der Waals surface area contributed by atoms with Crippen LogP contribution < -0.4 is 9.47 Å². The Kier molecular flexibility index (Phi) is 6.71. The normalized spacial score (nSPS) is 24.0. The van der Waals surface area contributed by atoms with Crippen molar-refractivity contribution in [3.05, 3.63) is 23.8 Å². The van der Waals surface area contributed by atoms with Crippen LogP contribution in [-0.4, -0.2) is 55.6 Å². The van der Waals surface area contributed by atoms with Crippen molar-refractivity contribution in [2.24, 2.45) is 5.92 Å². The lowest BCUT2D eigenvalue weighted by molar-refractivity contribution is -0.136. The summed E-state index contributed by atoms with van der Waals surface area (Å²) in [5, 5.41) is 0. The topological polar surface area (TPSA) is 42.0 Å². The molecule has 3 atom stereocenters. The number of amides is 1. The Morgan fingerprint density at radius 2 is 1.92 bits per heavy atom. The molecule has 0 bridgehead atoms. The smallest absolute Gasteiger partial charge is 0.222 e. The Bertz CT molecular complexity index is 590. The number of likely N-dealkylation sites (tertiary alicyclic amines) is 1. The Labute approximate surface area is 151 Å². The van der Waals surface area contributed by atoms with Crippen molar-refractivity contribution in [2.45, 2.75) is 52.2 Å². The van der Waals surface area contributed by atoms with Gasteiger partial charge in [-0.15, -0.1) is 0 Å². The van der Waals surface area contributed by atoms with E-state index in [9.17, 15) is 4.79 Å². The lowest BCUT2D eigenvalue weighted by Gasteiger charge is -2.45. The molecule has 1 fully saturated rings. The molecule has 5 heteroatoms. The monoisotopic (exact) mass is 348 g/mol. The molecule has 0 aromatic heterocycles. The van der Waals surface area contributed by atoms with E-state index in [1.54, 1.807) is 14.2 Å². The van der Waals surface area contributed by atoms with E-state index in [1.807, 2.05) is 25.1 Å². The van der Waals surface area contributed by atoms with Gasteiger partial charge in [-0.25, -0.2) is 0 Å². The van der Waals surface area contributed by atoms with E-state index in [4.69, 9.17) is 9.47 Å². The molecule has 0 saturated carbocycles. The van der Waals surface area contributed by atoms with E-state index in [0.717, 1.165) is 18.5 Å². The van der Waals surface area contributed by atoms with Crippen LogP contribution in [0.25, 0.3) is 0 Å². The van der Waals surface area contributed by atoms with E-state index >= 15 is 0 Å². The number of benzene rings is 1. The molecular weight excluding hydrogens is 316 g/mol. The van der Waals surface area contributed by atoms with E-state index in [2.05, 4.69) is 30.7 Å². The number of carbonyl (C=O) groups excluding carboxylic acids is 1. The lowest BCUT2D eigenvalue weighted by Crippen LogP contribution is -2.53. The van der Waals surface area contributed by atoms with Crippen LogP contribution in [0.5, 0.6) is 11.5 Å². The summed E-state index contributed by atoms with van der Waals surface area (Å²) in [6.45, 7) is 8.05. The highest BCUT2D eigenvalue weighted by molar-refractivity contribution is 5.76. The van der Waals surface area contributed by atoms with E-state index in [0.29, 0.717) is 36.4 Å². The van der Waals surface area contributed by atoms with E-state index in [1.165, 1.54) is 0 Å². The molecular formula is C20H32N2O3. The number of ether oxygens (including phenoxy) is 2. The van der Waals surface area contributed by atoms with Gasteiger partial charge in [0.1, 0.15) is 0 Å². The second-order valence-electron chi connectivity index (χ2n) is 7.13. The average molecular weight is 348 g/mol. The summed E-state index contributed by atoms with van der Waals surface area (Å²) in [7, 11) is 5.43. The molecule has 5 nitrogen and oxygen atoms in total. The summed E-state index contributed by atoms with van der Waals surface area (Å²) in [4.78, 5) is 17.1. The second-order valence-corrected chi connectivity index (χ2v) is 7.13. The van der Waals surface area contributed by atoms with Gasteiger partial charge in [-0.1, -0.05) is 19.9 Å². The lowest BCUT2D eigenvalue weighted by atomic mass is 9.88. The number of methoxy groups -OCH3 is 2. The van der Waals surface area contributed by atoms with Crippen molar-refractivity contribution in [2.75, 3.05) is 27.8 Å². The maximum Gasteiger partial charge on any atom is 0.222 e. The SMILES string of the molecule is CCC(=O)N(Cc1ccc(OC)c(OC)c1)[C@H]1C[C@@H](C)N(C)C[C@@H]1C. The minimum atomic E-state index is 0.211. The fraction of sp³-hybridized carbons (Fsp3) is 0.650. The summed E-state index contributed by atoms with van der Waals surface area (Å²) >= 11 is 0. The fourth-order valence-electron chi connectivity index (χ4n) is 3.72. The first kappa shape index (κ1) is 19.6. The van der Waals surface area contributed by atoms with E-state index in [-0.39, 0.29) is 11.9 Å². The minimum Gasteiger partial charge on any atom is -0.493 e. The molecule has 1 saturated heterocycles.